The summed E-state index contributed by atoms with van der Waals surface area (Å²) in [5, 5.41) is 0. The van der Waals surface area contributed by atoms with Gasteiger partial charge in [-0.1, -0.05) is 6.92 Å². The van der Waals surface area contributed by atoms with Crippen molar-refractivity contribution in [3.8, 4) is 0 Å². The Kier molecular flexibility index (Phi) is 5.93. The summed E-state index contributed by atoms with van der Waals surface area (Å²) in [5.41, 5.74) is 0. The van der Waals surface area contributed by atoms with Crippen LogP contribution in [-0.2, 0) is 16.4 Å². The fourth-order valence-electron chi connectivity index (χ4n) is 1.08. The summed E-state index contributed by atoms with van der Waals surface area (Å²) in [5.74, 6) is 1.26. The lowest BCUT2D eigenvalue weighted by Crippen LogP contribution is -2.10. The van der Waals surface area contributed by atoms with Crippen molar-refractivity contribution in [2.24, 2.45) is 5.92 Å². The minimum absolute atomic E-state index is 0.461. The van der Waals surface area contributed by atoms with Crippen molar-refractivity contribution in [1.82, 2.24) is 0 Å². The predicted octanol–water partition coefficient (Wildman–Crippen LogP) is 1.10. The highest BCUT2D eigenvalue weighted by molar-refractivity contribution is 7.51. The molecular formula is C7H12O3S. The molecule has 0 heterocycles. The number of ketones is 1. The van der Waals surface area contributed by atoms with Crippen LogP contribution in [0.3, 0.4) is 0 Å². The molecule has 0 aromatic rings. The van der Waals surface area contributed by atoms with Crippen LogP contribution >= 0.6 is 0 Å². The maximum atomic E-state index is 10.6. The summed E-state index contributed by atoms with van der Waals surface area (Å²) in [7, 11) is 0. The van der Waals surface area contributed by atoms with Gasteiger partial charge in [0, 0.05) is 12.8 Å². The van der Waals surface area contributed by atoms with Crippen molar-refractivity contribution in [1.29, 1.82) is 0 Å². The average Bonchev–Trinajstić information content (AvgIpc) is 1.97. The highest BCUT2D eigenvalue weighted by atomic mass is 32.1. The standard InChI is InChI=1S/C7H12O.O2S/c1-6-2-4-7(8)5-3-6;1-3-2/h6H,2-5H2,1H3;. The third kappa shape index (κ3) is 5.91. The molecule has 1 aliphatic carbocycles. The second-order valence-electron chi connectivity index (χ2n) is 2.79. The molecule has 0 bridgehead atoms. The van der Waals surface area contributed by atoms with E-state index in [9.17, 15) is 4.79 Å². The van der Waals surface area contributed by atoms with Crippen molar-refractivity contribution in [2.75, 3.05) is 0 Å². The molecule has 0 aliphatic heterocycles. The van der Waals surface area contributed by atoms with Crippen LogP contribution in [-0.4, -0.2) is 14.2 Å². The Morgan fingerprint density at radius 2 is 1.64 bits per heavy atom. The SMILES string of the molecule is CC1CCC(=O)CC1.O=S=O. The van der Waals surface area contributed by atoms with E-state index in [0.717, 1.165) is 31.6 Å². The van der Waals surface area contributed by atoms with E-state index in [1.54, 1.807) is 0 Å². The molecule has 64 valence electrons. The van der Waals surface area contributed by atoms with E-state index in [4.69, 9.17) is 8.42 Å². The number of rotatable bonds is 0. The molecule has 0 atom stereocenters. The topological polar surface area (TPSA) is 51.2 Å². The van der Waals surface area contributed by atoms with Gasteiger partial charge in [0.1, 0.15) is 5.78 Å². The van der Waals surface area contributed by atoms with E-state index in [0.29, 0.717) is 5.78 Å². The monoisotopic (exact) mass is 176 g/mol. The van der Waals surface area contributed by atoms with Gasteiger partial charge in [-0.3, -0.25) is 4.79 Å². The van der Waals surface area contributed by atoms with Crippen LogP contribution < -0.4 is 0 Å². The van der Waals surface area contributed by atoms with E-state index >= 15 is 0 Å². The number of Topliss-reactive ketones (excluding diaryl/α,β-unsaturated/α-hetero) is 1. The molecule has 11 heavy (non-hydrogen) atoms. The van der Waals surface area contributed by atoms with Gasteiger partial charge in [0.2, 0.25) is 0 Å². The van der Waals surface area contributed by atoms with Crippen LogP contribution in [0, 0.1) is 5.92 Å². The predicted molar refractivity (Wildman–Crippen MR) is 41.6 cm³/mol. The van der Waals surface area contributed by atoms with Gasteiger partial charge in [0.25, 0.3) is 0 Å². The van der Waals surface area contributed by atoms with Crippen molar-refractivity contribution in [3.63, 3.8) is 0 Å². The summed E-state index contributed by atoms with van der Waals surface area (Å²) in [6.45, 7) is 2.21. The van der Waals surface area contributed by atoms with E-state index < -0.39 is 11.6 Å². The molecular weight excluding hydrogens is 164 g/mol. The lowest BCUT2D eigenvalue weighted by Gasteiger charge is -2.14. The molecule has 0 aromatic carbocycles. The lowest BCUT2D eigenvalue weighted by molar-refractivity contribution is -0.120. The Morgan fingerprint density at radius 1 is 1.27 bits per heavy atom. The minimum Gasteiger partial charge on any atom is -0.300 e. The Hall–Kier alpha value is -0.510. The Balaban J connectivity index is 0.000000292. The number of carbonyl (C=O) groups excluding carboxylic acids is 1. The lowest BCUT2D eigenvalue weighted by atomic mass is 9.90. The maximum absolute atomic E-state index is 10.6. The molecule has 3 nitrogen and oxygen atoms in total. The molecule has 0 amide bonds. The fourth-order valence-corrected chi connectivity index (χ4v) is 1.08. The summed E-state index contributed by atoms with van der Waals surface area (Å²) in [6, 6.07) is 0. The average molecular weight is 176 g/mol. The molecule has 0 saturated heterocycles. The molecule has 0 N–H and O–H groups in total. The Bertz CT molecular complexity index is 151. The third-order valence-electron chi connectivity index (χ3n) is 1.83. The van der Waals surface area contributed by atoms with Gasteiger partial charge < -0.3 is 0 Å². The van der Waals surface area contributed by atoms with Gasteiger partial charge in [-0.15, -0.1) is 0 Å². The highest BCUT2D eigenvalue weighted by Crippen LogP contribution is 2.19. The van der Waals surface area contributed by atoms with Gasteiger partial charge in [-0.05, 0) is 18.8 Å². The highest BCUT2D eigenvalue weighted by Gasteiger charge is 2.13. The molecule has 0 radical (unpaired) electrons. The first-order valence-electron chi connectivity index (χ1n) is 3.64. The van der Waals surface area contributed by atoms with Crippen molar-refractivity contribution < 1.29 is 13.2 Å². The van der Waals surface area contributed by atoms with Crippen molar-refractivity contribution in [2.45, 2.75) is 32.6 Å². The van der Waals surface area contributed by atoms with Gasteiger partial charge in [-0.25, -0.2) is 0 Å². The first-order valence-corrected chi connectivity index (χ1v) is 4.31. The van der Waals surface area contributed by atoms with Crippen LogP contribution in [0.2, 0.25) is 0 Å². The molecule has 0 unspecified atom stereocenters. The molecule has 4 heteroatoms. The van der Waals surface area contributed by atoms with Crippen molar-refractivity contribution >= 4 is 17.4 Å². The van der Waals surface area contributed by atoms with Crippen LogP contribution in [0.15, 0.2) is 0 Å². The van der Waals surface area contributed by atoms with Gasteiger partial charge in [0.05, 0.1) is 0 Å². The zero-order valence-corrected chi connectivity index (χ0v) is 7.36. The first kappa shape index (κ1) is 10.5. The fraction of sp³-hybridized carbons (Fsp3) is 0.857. The van der Waals surface area contributed by atoms with Crippen LogP contribution in [0.5, 0.6) is 0 Å². The van der Waals surface area contributed by atoms with E-state index in [-0.39, 0.29) is 0 Å². The van der Waals surface area contributed by atoms with E-state index in [1.807, 2.05) is 0 Å². The number of carbonyl (C=O) groups is 1. The van der Waals surface area contributed by atoms with Crippen molar-refractivity contribution in [3.05, 3.63) is 0 Å². The van der Waals surface area contributed by atoms with Gasteiger partial charge in [0.15, 0.2) is 0 Å². The quantitative estimate of drug-likeness (QED) is 0.555. The van der Waals surface area contributed by atoms with Crippen LogP contribution in [0.1, 0.15) is 32.6 Å². The minimum atomic E-state index is -0.750. The Morgan fingerprint density at radius 3 is 1.91 bits per heavy atom. The van der Waals surface area contributed by atoms with Gasteiger partial charge in [-0.2, -0.15) is 8.42 Å². The molecule has 1 rings (SSSR count). The second-order valence-corrected chi connectivity index (χ2v) is 2.93. The number of hydrogen-bond acceptors (Lipinski definition) is 3. The molecule has 0 spiro atoms. The van der Waals surface area contributed by atoms with Crippen LogP contribution in [0.4, 0.5) is 0 Å². The largest absolute Gasteiger partial charge is 0.335 e. The second kappa shape index (κ2) is 6.22. The smallest absolute Gasteiger partial charge is 0.300 e. The summed E-state index contributed by atoms with van der Waals surface area (Å²) in [6.07, 6.45) is 3.92. The third-order valence-corrected chi connectivity index (χ3v) is 1.83. The molecule has 1 saturated carbocycles. The van der Waals surface area contributed by atoms with Crippen LogP contribution in [0.25, 0.3) is 0 Å². The first-order chi connectivity index (χ1) is 5.20. The Labute approximate surface area is 69.8 Å². The summed E-state index contributed by atoms with van der Waals surface area (Å²) < 4.78 is 16.6. The van der Waals surface area contributed by atoms with Gasteiger partial charge >= 0.3 is 11.6 Å². The summed E-state index contributed by atoms with van der Waals surface area (Å²) >= 11 is -0.750. The normalized spacial score (nSPS) is 18.5. The molecule has 1 fully saturated rings. The van der Waals surface area contributed by atoms with E-state index in [2.05, 4.69) is 6.92 Å². The number of hydrogen-bond donors (Lipinski definition) is 0. The summed E-state index contributed by atoms with van der Waals surface area (Å²) in [4.78, 5) is 10.6. The maximum Gasteiger partial charge on any atom is 0.335 e. The zero-order valence-electron chi connectivity index (χ0n) is 6.54. The van der Waals surface area contributed by atoms with E-state index in [1.165, 1.54) is 0 Å². The molecule has 0 aromatic heterocycles. The zero-order chi connectivity index (χ0) is 8.69. The molecule has 1 aliphatic rings.